The molecule has 2 aliphatic heterocycles. The van der Waals surface area contributed by atoms with E-state index in [1.807, 2.05) is 50.3 Å². The van der Waals surface area contributed by atoms with Crippen molar-refractivity contribution in [3.63, 3.8) is 0 Å². The molecule has 5 aromatic rings. The molecular weight excluding hydrogens is 1030 g/mol. The van der Waals surface area contributed by atoms with Gasteiger partial charge in [-0.1, -0.05) is 87.4 Å². The van der Waals surface area contributed by atoms with Gasteiger partial charge in [0.25, 0.3) is 0 Å². The highest BCUT2D eigenvalue weighted by molar-refractivity contribution is 6.35. The zero-order valence-electron chi connectivity index (χ0n) is 44.5. The van der Waals surface area contributed by atoms with Crippen molar-refractivity contribution in [1.82, 2.24) is 29.1 Å². The van der Waals surface area contributed by atoms with Crippen molar-refractivity contribution in [3.05, 3.63) is 124 Å². The number of nitrogens with two attached hydrogens (primary N) is 1. The van der Waals surface area contributed by atoms with E-state index in [1.54, 1.807) is 40.1 Å². The van der Waals surface area contributed by atoms with Crippen LogP contribution in [-0.4, -0.2) is 131 Å². The molecule has 2 saturated heterocycles. The Kier molecular flexibility index (Phi) is 23.5. The van der Waals surface area contributed by atoms with Crippen LogP contribution in [0.2, 0.25) is 10.0 Å². The lowest BCUT2D eigenvalue weighted by Crippen LogP contribution is -2.63. The average Bonchev–Trinajstić information content (AvgIpc) is 4.21. The van der Waals surface area contributed by atoms with Gasteiger partial charge >= 0.3 is 11.7 Å². The van der Waals surface area contributed by atoms with E-state index in [1.165, 1.54) is 23.9 Å². The maximum atomic E-state index is 12.8. The number of benzene rings is 3. The van der Waals surface area contributed by atoms with Crippen LogP contribution < -0.4 is 26.0 Å². The van der Waals surface area contributed by atoms with Crippen molar-refractivity contribution >= 4 is 46.3 Å². The lowest BCUT2D eigenvalue weighted by molar-refractivity contribution is -0.190. The van der Waals surface area contributed by atoms with Crippen molar-refractivity contribution in [2.75, 3.05) is 55.8 Å². The molecule has 19 nitrogen and oxygen atoms in total. The third kappa shape index (κ3) is 16.9. The number of aliphatic carboxylic acids is 1. The van der Waals surface area contributed by atoms with Gasteiger partial charge in [-0.2, -0.15) is 10.2 Å². The van der Waals surface area contributed by atoms with Crippen LogP contribution in [0.3, 0.4) is 0 Å². The molecule has 0 amide bonds. The Labute approximate surface area is 461 Å². The zero-order valence-corrected chi connectivity index (χ0v) is 46.1. The fourth-order valence-corrected chi connectivity index (χ4v) is 9.72. The molecular formula is C56H77Cl2N9O10. The van der Waals surface area contributed by atoms with Crippen LogP contribution in [-0.2, 0) is 31.4 Å². The molecule has 0 spiro atoms. The number of anilines is 2. The number of piperazine rings is 1. The van der Waals surface area contributed by atoms with E-state index in [9.17, 15) is 24.6 Å². The maximum Gasteiger partial charge on any atom is 0.350 e. The second kappa shape index (κ2) is 29.9. The van der Waals surface area contributed by atoms with Gasteiger partial charge in [0.2, 0.25) is 5.79 Å². The van der Waals surface area contributed by atoms with Crippen LogP contribution in [0.5, 0.6) is 5.75 Å². The summed E-state index contributed by atoms with van der Waals surface area (Å²) in [5.41, 5.74) is 6.80. The van der Waals surface area contributed by atoms with Gasteiger partial charge in [0.05, 0.1) is 36.1 Å². The Morgan fingerprint density at radius 1 is 0.870 bits per heavy atom. The van der Waals surface area contributed by atoms with E-state index < -0.39 is 36.1 Å². The number of hydrogen-bond acceptors (Lipinski definition) is 15. The summed E-state index contributed by atoms with van der Waals surface area (Å²) in [5.74, 6) is -1.61. The van der Waals surface area contributed by atoms with Crippen molar-refractivity contribution < 1.29 is 44.2 Å². The summed E-state index contributed by atoms with van der Waals surface area (Å²) in [4.78, 5) is 44.3. The first kappa shape index (κ1) is 60.6. The number of aliphatic hydroxyl groups excluding tert-OH is 3. The molecule has 3 aromatic carbocycles. The maximum absolute atomic E-state index is 12.8. The molecule has 21 heteroatoms. The van der Waals surface area contributed by atoms with Crippen LogP contribution in [0.4, 0.5) is 11.4 Å². The minimum Gasteiger partial charge on any atom is -0.491 e. The summed E-state index contributed by atoms with van der Waals surface area (Å²) in [6, 6.07) is 21.6. The number of carboxylic acid groups (broad SMARTS) is 1. The van der Waals surface area contributed by atoms with E-state index in [2.05, 4.69) is 56.2 Å². The van der Waals surface area contributed by atoms with E-state index in [4.69, 9.17) is 53.4 Å². The molecule has 0 saturated carbocycles. The molecule has 7 rings (SSSR count). The Bertz CT molecular complexity index is 2660. The Morgan fingerprint density at radius 2 is 1.51 bits per heavy atom. The van der Waals surface area contributed by atoms with Gasteiger partial charge in [0.15, 0.2) is 5.54 Å². The molecule has 6 N–H and O–H groups in total. The number of hydrogen-bond donors (Lipinski definition) is 5. The highest BCUT2D eigenvalue weighted by Crippen LogP contribution is 2.40. The standard InChI is InChI=1S/C35H38Cl2N8O4.C21H39NO6/c1-3-25(2)45-34(46)44(24-40-45)29-7-5-27(6-8-29)41-14-16-42(17-15-41)28-9-11-30(12-10-28)47-19-31-20-48-35(49-31,21-43-23-38-22-39-43)32-13-4-26(36)18-33(32)37;1-2-3-4-10-13-17(24)14-11-8-6-5-7-9-12-15-18(25)19(26)21(22,16-23)20(27)28/h4-13,18,22-25,31H,3,14-17,19-21H2,1-2H3;9,12,18-19,23,25-26H,2-8,10-11,13-16,22H2,1H3,(H,27,28)/b;12-9+/t;18-,19+,21+/m.1/s1. The van der Waals surface area contributed by atoms with Gasteiger partial charge in [-0.15, -0.1) is 0 Å². The van der Waals surface area contributed by atoms with Crippen LogP contribution in [0.25, 0.3) is 5.69 Å². The number of nitrogens with zero attached hydrogens (tertiary/aromatic N) is 8. The fourth-order valence-electron chi connectivity index (χ4n) is 9.17. The van der Waals surface area contributed by atoms with Gasteiger partial charge in [-0.25, -0.2) is 23.7 Å². The second-order valence-corrected chi connectivity index (χ2v) is 20.7. The number of rotatable bonds is 29. The van der Waals surface area contributed by atoms with Crippen LogP contribution in [0.15, 0.2) is 103 Å². The summed E-state index contributed by atoms with van der Waals surface area (Å²) >= 11 is 12.7. The van der Waals surface area contributed by atoms with Gasteiger partial charge in [-0.3, -0.25) is 9.59 Å². The number of halogens is 2. The van der Waals surface area contributed by atoms with Crippen LogP contribution >= 0.6 is 23.2 Å². The van der Waals surface area contributed by atoms with Gasteiger partial charge < -0.3 is 50.2 Å². The molecule has 0 bridgehead atoms. The minimum atomic E-state index is -2.28. The molecule has 2 aromatic heterocycles. The summed E-state index contributed by atoms with van der Waals surface area (Å²) < 4.78 is 23.7. The van der Waals surface area contributed by atoms with E-state index in [0.717, 1.165) is 100 Å². The lowest BCUT2D eigenvalue weighted by Gasteiger charge is -2.37. The topological polar surface area (TPSA) is 246 Å². The first-order valence-electron chi connectivity index (χ1n) is 26.9. The number of carboxylic acids is 1. The summed E-state index contributed by atoms with van der Waals surface area (Å²) in [6.45, 7) is 9.67. The smallest absolute Gasteiger partial charge is 0.350 e. The van der Waals surface area contributed by atoms with Crippen LogP contribution in [0.1, 0.15) is 116 Å². The van der Waals surface area contributed by atoms with E-state index in [-0.39, 0.29) is 30.8 Å². The van der Waals surface area contributed by atoms with Crippen molar-refractivity contribution in [3.8, 4) is 11.4 Å². The number of carbonyl (C=O) groups excluding carboxylic acids is 1. The third-order valence-electron chi connectivity index (χ3n) is 14.1. The first-order chi connectivity index (χ1) is 37.1. The Balaban J connectivity index is 0.000000295. The molecule has 6 atom stereocenters. The number of unbranched alkanes of at least 4 members (excludes halogenated alkanes) is 7. The van der Waals surface area contributed by atoms with Gasteiger partial charge in [0.1, 0.15) is 55.9 Å². The van der Waals surface area contributed by atoms with Gasteiger partial charge in [-0.05, 0) is 106 Å². The molecule has 4 heterocycles. The SMILES string of the molecule is CCC(C)n1ncn(-c2ccc(N3CCN(c4ccc(OCC5COC(Cn6cncn6)(c6ccc(Cl)cc6Cl)O5)cc4)CC3)cc2)c1=O.CCCCCCC(=O)CCCCCC/C=C/C[C@@H](O)[C@H](O)[C@@](N)(CO)C(=O)O. The largest absolute Gasteiger partial charge is 0.491 e. The summed E-state index contributed by atoms with van der Waals surface area (Å²) in [6.07, 6.45) is 16.3. The number of ether oxygens (including phenoxy) is 3. The molecule has 0 aliphatic carbocycles. The van der Waals surface area contributed by atoms with Crippen molar-refractivity contribution in [1.29, 1.82) is 0 Å². The molecule has 2 aliphatic rings. The monoisotopic (exact) mass is 1110 g/mol. The number of allylic oxidation sites excluding steroid dienone is 1. The minimum absolute atomic E-state index is 0.0555. The summed E-state index contributed by atoms with van der Waals surface area (Å²) in [5, 5.41) is 47.3. The fraction of sp³-hybridized carbons (Fsp3) is 0.536. The average molecular weight is 1110 g/mol. The molecule has 420 valence electrons. The van der Waals surface area contributed by atoms with Gasteiger partial charge in [0, 0.05) is 61.0 Å². The quantitative estimate of drug-likeness (QED) is 0.0226. The predicted octanol–water partition coefficient (Wildman–Crippen LogP) is 7.89. The highest BCUT2D eigenvalue weighted by atomic mass is 35.5. The molecule has 0 radical (unpaired) electrons. The molecule has 2 fully saturated rings. The Morgan fingerprint density at radius 3 is 2.10 bits per heavy atom. The lowest BCUT2D eigenvalue weighted by atomic mass is 9.89. The normalized spacial score (nSPS) is 18.6. The highest BCUT2D eigenvalue weighted by Gasteiger charge is 2.46. The molecule has 3 unspecified atom stereocenters. The van der Waals surface area contributed by atoms with E-state index in [0.29, 0.717) is 47.4 Å². The number of aromatic nitrogens is 6. The summed E-state index contributed by atoms with van der Waals surface area (Å²) in [7, 11) is 0. The van der Waals surface area contributed by atoms with E-state index >= 15 is 0 Å². The van der Waals surface area contributed by atoms with Crippen molar-refractivity contribution in [2.24, 2.45) is 5.73 Å². The number of ketones is 1. The Hall–Kier alpha value is -5.64. The molecule has 77 heavy (non-hydrogen) atoms. The predicted molar refractivity (Wildman–Crippen MR) is 297 cm³/mol. The first-order valence-corrected chi connectivity index (χ1v) is 27.6. The third-order valence-corrected chi connectivity index (χ3v) is 14.7. The second-order valence-electron chi connectivity index (χ2n) is 19.8. The van der Waals surface area contributed by atoms with Crippen molar-refractivity contribution in [2.45, 2.75) is 146 Å². The zero-order chi connectivity index (χ0) is 55.4. The number of aliphatic hydroxyl groups is 3. The van der Waals surface area contributed by atoms with Crippen LogP contribution in [0, 0.1) is 0 Å². The number of carbonyl (C=O) groups is 2. The number of Topliss-reactive ketones (excluding diaryl/α,β-unsaturated/α-hetero) is 1.